The predicted molar refractivity (Wildman–Crippen MR) is 226 cm³/mol. The monoisotopic (exact) mass is 784 g/mol. The molecule has 6 N–H and O–H groups in total. The van der Waals surface area contributed by atoms with Gasteiger partial charge in [-0.25, -0.2) is 0 Å². The number of ether oxygens (including phenoxy) is 2. The summed E-state index contributed by atoms with van der Waals surface area (Å²) in [4.78, 5) is 12.9. The van der Waals surface area contributed by atoms with E-state index in [9.17, 15) is 30.3 Å². The maximum atomic E-state index is 12.9. The van der Waals surface area contributed by atoms with Crippen LogP contribution in [0.1, 0.15) is 219 Å². The summed E-state index contributed by atoms with van der Waals surface area (Å²) in [6, 6.07) is -0.797. The van der Waals surface area contributed by atoms with Gasteiger partial charge < -0.3 is 40.3 Å². The maximum Gasteiger partial charge on any atom is 0.220 e. The summed E-state index contributed by atoms with van der Waals surface area (Å²) in [7, 11) is 0. The van der Waals surface area contributed by atoms with Gasteiger partial charge in [0, 0.05) is 6.42 Å². The molecule has 1 heterocycles. The van der Waals surface area contributed by atoms with Gasteiger partial charge in [-0.3, -0.25) is 4.79 Å². The van der Waals surface area contributed by atoms with E-state index in [1.807, 2.05) is 6.08 Å². The van der Waals surface area contributed by atoms with Crippen LogP contribution in [0, 0.1) is 0 Å². The number of nitrogens with one attached hydrogen (secondary N) is 1. The number of carbonyl (C=O) groups excluding carboxylic acids is 1. The normalized spacial score (nSPS) is 21.3. The number of hydrogen-bond donors (Lipinski definition) is 6. The molecule has 0 spiro atoms. The minimum Gasteiger partial charge on any atom is -0.394 e. The van der Waals surface area contributed by atoms with Crippen molar-refractivity contribution in [3.8, 4) is 0 Å². The van der Waals surface area contributed by atoms with E-state index in [1.54, 1.807) is 6.08 Å². The summed E-state index contributed by atoms with van der Waals surface area (Å²) in [5, 5.41) is 54.1. The number of allylic oxidation sites excluding steroid dienone is 1. The highest BCUT2D eigenvalue weighted by molar-refractivity contribution is 5.76. The zero-order chi connectivity index (χ0) is 40.2. The molecule has 1 amide bonds. The first-order valence-electron chi connectivity index (χ1n) is 23.4. The van der Waals surface area contributed by atoms with E-state index in [2.05, 4.69) is 19.2 Å². The molecule has 1 aliphatic heterocycles. The van der Waals surface area contributed by atoms with Gasteiger partial charge in [0.2, 0.25) is 5.91 Å². The summed E-state index contributed by atoms with van der Waals surface area (Å²) < 4.78 is 11.2. The third-order valence-electron chi connectivity index (χ3n) is 11.4. The lowest BCUT2D eigenvalue weighted by molar-refractivity contribution is -0.302. The fourth-order valence-electron chi connectivity index (χ4n) is 7.57. The zero-order valence-corrected chi connectivity index (χ0v) is 35.7. The molecule has 1 fully saturated rings. The lowest BCUT2D eigenvalue weighted by atomic mass is 9.99. The second-order valence-corrected chi connectivity index (χ2v) is 16.6. The summed E-state index contributed by atoms with van der Waals surface area (Å²) in [6.45, 7) is 3.78. The van der Waals surface area contributed by atoms with Crippen molar-refractivity contribution in [3.05, 3.63) is 12.2 Å². The van der Waals surface area contributed by atoms with Crippen LogP contribution in [0.2, 0.25) is 0 Å². The quantitative estimate of drug-likeness (QED) is 0.0267. The van der Waals surface area contributed by atoms with Crippen molar-refractivity contribution in [1.29, 1.82) is 0 Å². The molecule has 0 bridgehead atoms. The number of carbonyl (C=O) groups is 1. The molecule has 0 aromatic carbocycles. The Balaban J connectivity index is 2.29. The van der Waals surface area contributed by atoms with Gasteiger partial charge >= 0.3 is 0 Å². The molecule has 0 aliphatic carbocycles. The average molecular weight is 784 g/mol. The third-order valence-corrected chi connectivity index (χ3v) is 11.4. The number of aliphatic hydroxyl groups is 5. The summed E-state index contributed by atoms with van der Waals surface area (Å²) >= 11 is 0. The van der Waals surface area contributed by atoms with Gasteiger partial charge in [-0.2, -0.15) is 0 Å². The van der Waals surface area contributed by atoms with Gasteiger partial charge in [0.1, 0.15) is 24.4 Å². The molecule has 0 unspecified atom stereocenters. The van der Waals surface area contributed by atoms with E-state index in [-0.39, 0.29) is 12.5 Å². The summed E-state index contributed by atoms with van der Waals surface area (Å²) in [5.74, 6) is -0.174. The Labute approximate surface area is 337 Å². The molecule has 0 aromatic rings. The molecular weight excluding hydrogens is 695 g/mol. The number of hydrogen-bond acceptors (Lipinski definition) is 8. The fourth-order valence-corrected chi connectivity index (χ4v) is 7.57. The number of unbranched alkanes of at least 4 members (excludes halogenated alkanes) is 29. The average Bonchev–Trinajstić information content (AvgIpc) is 3.18. The molecule has 0 saturated carbocycles. The largest absolute Gasteiger partial charge is 0.394 e. The van der Waals surface area contributed by atoms with Crippen LogP contribution in [0.4, 0.5) is 0 Å². The molecule has 9 heteroatoms. The first-order chi connectivity index (χ1) is 26.8. The van der Waals surface area contributed by atoms with E-state index >= 15 is 0 Å². The van der Waals surface area contributed by atoms with Crippen LogP contribution in [0.3, 0.4) is 0 Å². The smallest absolute Gasteiger partial charge is 0.220 e. The molecule has 1 rings (SSSR count). The molecule has 0 aromatic heterocycles. The van der Waals surface area contributed by atoms with E-state index in [0.717, 1.165) is 38.5 Å². The van der Waals surface area contributed by atoms with Crippen LogP contribution in [0.25, 0.3) is 0 Å². The van der Waals surface area contributed by atoms with Crippen LogP contribution >= 0.6 is 0 Å². The van der Waals surface area contributed by atoms with Crippen LogP contribution in [0.15, 0.2) is 12.2 Å². The van der Waals surface area contributed by atoms with Gasteiger partial charge in [0.05, 0.1) is 25.4 Å². The number of amides is 1. The van der Waals surface area contributed by atoms with Crippen molar-refractivity contribution in [2.24, 2.45) is 0 Å². The van der Waals surface area contributed by atoms with Crippen LogP contribution in [0.5, 0.6) is 0 Å². The summed E-state index contributed by atoms with van der Waals surface area (Å²) in [5.41, 5.74) is 0. The fraction of sp³-hybridized carbons (Fsp3) is 0.935. The van der Waals surface area contributed by atoms with E-state index in [1.165, 1.54) is 161 Å². The predicted octanol–water partition coefficient (Wildman–Crippen LogP) is 9.73. The Kier molecular flexibility index (Phi) is 35.2. The SMILES string of the molecule is CCCCCCCCCCCC/C=C/[C@@H](O)[C@H](CO[C@@H]1O[C@H](CO)[C@@H](O)[C@H](O)[C@H]1O)NC(=O)CCCCCCCCCCCCCCCCCCCCCC. The highest BCUT2D eigenvalue weighted by Crippen LogP contribution is 2.23. The number of rotatable bonds is 39. The van der Waals surface area contributed by atoms with Crippen molar-refractivity contribution in [2.45, 2.75) is 262 Å². The first kappa shape index (κ1) is 51.9. The molecule has 1 saturated heterocycles. The van der Waals surface area contributed by atoms with Crippen LogP contribution in [-0.4, -0.2) is 87.5 Å². The van der Waals surface area contributed by atoms with Crippen molar-refractivity contribution in [1.82, 2.24) is 5.32 Å². The molecule has 326 valence electrons. The Hall–Kier alpha value is -1.07. The van der Waals surface area contributed by atoms with Gasteiger partial charge in [0.15, 0.2) is 6.29 Å². The van der Waals surface area contributed by atoms with Crippen molar-refractivity contribution >= 4 is 5.91 Å². The van der Waals surface area contributed by atoms with Crippen molar-refractivity contribution in [3.63, 3.8) is 0 Å². The second kappa shape index (κ2) is 37.2. The second-order valence-electron chi connectivity index (χ2n) is 16.6. The highest BCUT2D eigenvalue weighted by Gasteiger charge is 2.44. The Bertz CT molecular complexity index is 873. The minimum atomic E-state index is -1.56. The third kappa shape index (κ3) is 28.1. The topological polar surface area (TPSA) is 149 Å². The lowest BCUT2D eigenvalue weighted by Gasteiger charge is -2.40. The lowest BCUT2D eigenvalue weighted by Crippen LogP contribution is -2.60. The van der Waals surface area contributed by atoms with Crippen LogP contribution < -0.4 is 5.32 Å². The Morgan fingerprint density at radius 1 is 0.600 bits per heavy atom. The highest BCUT2D eigenvalue weighted by atomic mass is 16.7. The molecule has 9 nitrogen and oxygen atoms in total. The molecule has 0 radical (unpaired) electrons. The molecule has 1 aliphatic rings. The Morgan fingerprint density at radius 3 is 1.42 bits per heavy atom. The Morgan fingerprint density at radius 2 is 1.00 bits per heavy atom. The first-order valence-corrected chi connectivity index (χ1v) is 23.4. The minimum absolute atomic E-state index is 0.174. The molecular formula is C46H89NO8. The van der Waals surface area contributed by atoms with E-state index < -0.39 is 49.5 Å². The van der Waals surface area contributed by atoms with Gasteiger partial charge in [-0.15, -0.1) is 0 Å². The zero-order valence-electron chi connectivity index (χ0n) is 35.7. The maximum absolute atomic E-state index is 12.9. The molecule has 7 atom stereocenters. The van der Waals surface area contributed by atoms with Crippen molar-refractivity contribution < 1.29 is 39.8 Å². The van der Waals surface area contributed by atoms with E-state index in [0.29, 0.717) is 6.42 Å². The van der Waals surface area contributed by atoms with Gasteiger partial charge in [-0.05, 0) is 19.3 Å². The van der Waals surface area contributed by atoms with Gasteiger partial charge in [-0.1, -0.05) is 206 Å². The number of aliphatic hydroxyl groups excluding tert-OH is 5. The molecule has 55 heavy (non-hydrogen) atoms. The standard InChI is InChI=1S/C46H89NO8/c1-3-5-7-9-11-13-15-17-18-19-20-21-22-23-24-26-28-30-32-34-36-42(50)47-39(38-54-46-45(53)44(52)43(51)41(37-48)55-46)40(49)35-33-31-29-27-25-16-14-12-10-8-6-4-2/h33,35,39-41,43-46,48-49,51-53H,3-32,34,36-38H2,1-2H3,(H,47,50)/b35-33+/t39-,40+,41+,43+,44-,45+,46+/m0/s1. The van der Waals surface area contributed by atoms with Gasteiger partial charge in [0.25, 0.3) is 0 Å². The van der Waals surface area contributed by atoms with Crippen molar-refractivity contribution in [2.75, 3.05) is 13.2 Å². The van der Waals surface area contributed by atoms with Crippen LogP contribution in [-0.2, 0) is 14.3 Å². The summed E-state index contributed by atoms with van der Waals surface area (Å²) in [6.07, 6.45) is 35.4. The van der Waals surface area contributed by atoms with E-state index in [4.69, 9.17) is 9.47 Å².